The molecule has 0 atom stereocenters. The van der Waals surface area contributed by atoms with Gasteiger partial charge in [-0.15, -0.1) is 0 Å². The first-order valence-electron chi connectivity index (χ1n) is 23.4. The summed E-state index contributed by atoms with van der Waals surface area (Å²) < 4.78 is 6.45. The Labute approximate surface area is 399 Å². The van der Waals surface area contributed by atoms with Crippen molar-refractivity contribution in [1.29, 1.82) is 0 Å². The summed E-state index contributed by atoms with van der Waals surface area (Å²) in [6, 6.07) is 86.4. The molecule has 0 saturated heterocycles. The smallest absolute Gasteiger partial charge is 0.164 e. The molecule has 10 aromatic carbocycles. The maximum atomic E-state index is 6.45. The van der Waals surface area contributed by atoms with E-state index in [1.54, 1.807) is 0 Å². The summed E-state index contributed by atoms with van der Waals surface area (Å²) in [5.41, 5.74) is 18.7. The third-order valence-corrected chi connectivity index (χ3v) is 14.1. The molecule has 0 fully saturated rings. The van der Waals surface area contributed by atoms with E-state index in [0.29, 0.717) is 17.5 Å². The van der Waals surface area contributed by atoms with Crippen LogP contribution in [0.3, 0.4) is 0 Å². The van der Waals surface area contributed by atoms with Gasteiger partial charge in [0.15, 0.2) is 17.5 Å². The number of aromatic nitrogens is 3. The Morgan fingerprint density at radius 2 is 0.826 bits per heavy atom. The number of furan rings is 1. The summed E-state index contributed by atoms with van der Waals surface area (Å²) in [5.74, 6) is 1.85. The maximum Gasteiger partial charge on any atom is 0.164 e. The molecule has 3 heterocycles. The topological polar surface area (TPSA) is 55.1 Å². The van der Waals surface area contributed by atoms with E-state index in [-0.39, 0.29) is 0 Å². The Balaban J connectivity index is 1.04. The number of anilines is 3. The van der Waals surface area contributed by atoms with Crippen LogP contribution in [-0.4, -0.2) is 15.0 Å². The van der Waals surface area contributed by atoms with Crippen LogP contribution in [0.4, 0.5) is 17.1 Å². The standard InChI is InChI=1S/C64H40N4O/c1-4-17-41(18-5-1)42-31-33-44(34-32-42)62-65-61(43-19-6-2-7-20-43)66-63(67-62)50-24-16-27-55-60(50)51-39-45(46-35-37-49-48-23-10-15-30-58(48)69-59(49)40-46)36-38-52(51)64(55)53-25-11-13-28-56(53)68(47-21-8-3-9-22-47)57-29-14-12-26-54(57)64/h1-40H. The normalized spacial score (nSPS) is 13.0. The van der Waals surface area contributed by atoms with Crippen LogP contribution in [0.1, 0.15) is 22.3 Å². The summed E-state index contributed by atoms with van der Waals surface area (Å²) in [6.45, 7) is 0. The van der Waals surface area contributed by atoms with E-state index in [2.05, 4.69) is 211 Å². The highest BCUT2D eigenvalue weighted by molar-refractivity contribution is 6.06. The minimum Gasteiger partial charge on any atom is -0.456 e. The molecular weight excluding hydrogens is 841 g/mol. The lowest BCUT2D eigenvalue weighted by Crippen LogP contribution is -2.36. The molecule has 5 heteroatoms. The summed E-state index contributed by atoms with van der Waals surface area (Å²) in [5, 5.41) is 2.22. The fraction of sp³-hybridized carbons (Fsp3) is 0.0156. The molecule has 1 aliphatic heterocycles. The van der Waals surface area contributed by atoms with Gasteiger partial charge in [0.25, 0.3) is 0 Å². The monoisotopic (exact) mass is 880 g/mol. The molecule has 14 rings (SSSR count). The first-order valence-corrected chi connectivity index (χ1v) is 23.4. The maximum absolute atomic E-state index is 6.45. The number of para-hydroxylation sites is 4. The highest BCUT2D eigenvalue weighted by atomic mass is 16.3. The summed E-state index contributed by atoms with van der Waals surface area (Å²) in [4.78, 5) is 18.4. The van der Waals surface area contributed by atoms with Crippen molar-refractivity contribution in [1.82, 2.24) is 15.0 Å². The second kappa shape index (κ2) is 15.4. The molecule has 0 radical (unpaired) electrons. The summed E-state index contributed by atoms with van der Waals surface area (Å²) in [7, 11) is 0. The van der Waals surface area contributed by atoms with Crippen LogP contribution in [0.5, 0.6) is 0 Å². The van der Waals surface area contributed by atoms with E-state index >= 15 is 0 Å². The lowest BCUT2D eigenvalue weighted by Gasteiger charge is -2.45. The van der Waals surface area contributed by atoms with Gasteiger partial charge in [-0.05, 0) is 104 Å². The second-order valence-corrected chi connectivity index (χ2v) is 17.9. The molecule has 322 valence electrons. The molecule has 2 aromatic heterocycles. The number of nitrogens with zero attached hydrogens (tertiary/aromatic N) is 4. The Morgan fingerprint density at radius 1 is 0.319 bits per heavy atom. The van der Waals surface area contributed by atoms with E-state index in [1.165, 1.54) is 22.3 Å². The zero-order chi connectivity index (χ0) is 45.5. The van der Waals surface area contributed by atoms with Gasteiger partial charge in [-0.3, -0.25) is 0 Å². The molecule has 0 amide bonds. The second-order valence-electron chi connectivity index (χ2n) is 17.9. The predicted molar refractivity (Wildman–Crippen MR) is 280 cm³/mol. The Bertz CT molecular complexity index is 3910. The van der Waals surface area contributed by atoms with E-state index in [0.717, 1.165) is 89.1 Å². The van der Waals surface area contributed by atoms with Crippen molar-refractivity contribution < 1.29 is 4.42 Å². The Morgan fingerprint density at radius 3 is 1.55 bits per heavy atom. The third-order valence-electron chi connectivity index (χ3n) is 14.1. The van der Waals surface area contributed by atoms with Crippen LogP contribution in [0, 0.1) is 0 Å². The molecule has 0 bridgehead atoms. The van der Waals surface area contributed by atoms with Crippen molar-refractivity contribution in [3.63, 3.8) is 0 Å². The summed E-state index contributed by atoms with van der Waals surface area (Å²) in [6.07, 6.45) is 0. The molecule has 0 saturated carbocycles. The van der Waals surface area contributed by atoms with Gasteiger partial charge in [-0.25, -0.2) is 15.0 Å². The molecule has 69 heavy (non-hydrogen) atoms. The van der Waals surface area contributed by atoms with Crippen molar-refractivity contribution in [3.8, 4) is 67.5 Å². The van der Waals surface area contributed by atoms with Crippen LogP contribution in [-0.2, 0) is 5.41 Å². The van der Waals surface area contributed by atoms with E-state index < -0.39 is 5.41 Å². The quantitative estimate of drug-likeness (QED) is 0.167. The minimum atomic E-state index is -0.689. The van der Waals surface area contributed by atoms with Gasteiger partial charge < -0.3 is 9.32 Å². The highest BCUT2D eigenvalue weighted by Crippen LogP contribution is 2.64. The molecule has 12 aromatic rings. The van der Waals surface area contributed by atoms with Gasteiger partial charge in [0.1, 0.15) is 11.2 Å². The fourth-order valence-electron chi connectivity index (χ4n) is 11.1. The number of fused-ring (bicyclic) bond motifs is 12. The van der Waals surface area contributed by atoms with Crippen LogP contribution in [0.25, 0.3) is 89.5 Å². The van der Waals surface area contributed by atoms with Gasteiger partial charge in [0.2, 0.25) is 0 Å². The molecule has 0 unspecified atom stereocenters. The minimum absolute atomic E-state index is 0.614. The largest absolute Gasteiger partial charge is 0.456 e. The van der Waals surface area contributed by atoms with Gasteiger partial charge in [-0.2, -0.15) is 0 Å². The van der Waals surface area contributed by atoms with E-state index in [9.17, 15) is 0 Å². The van der Waals surface area contributed by atoms with Crippen LogP contribution < -0.4 is 4.90 Å². The predicted octanol–water partition coefficient (Wildman–Crippen LogP) is 16.3. The fourth-order valence-corrected chi connectivity index (χ4v) is 11.1. The van der Waals surface area contributed by atoms with Crippen LogP contribution in [0.15, 0.2) is 247 Å². The van der Waals surface area contributed by atoms with Crippen molar-refractivity contribution in [2.45, 2.75) is 5.41 Å². The average Bonchev–Trinajstić information content (AvgIpc) is 3.95. The third kappa shape index (κ3) is 6.00. The first-order chi connectivity index (χ1) is 34.2. The number of rotatable bonds is 6. The zero-order valence-electron chi connectivity index (χ0n) is 37.3. The molecule has 2 aliphatic rings. The molecule has 0 N–H and O–H groups in total. The van der Waals surface area contributed by atoms with Gasteiger partial charge in [0, 0.05) is 33.2 Å². The summed E-state index contributed by atoms with van der Waals surface area (Å²) >= 11 is 0. The van der Waals surface area contributed by atoms with E-state index in [1.807, 2.05) is 36.4 Å². The van der Waals surface area contributed by atoms with Crippen molar-refractivity contribution >= 4 is 39.0 Å². The number of benzene rings is 10. The van der Waals surface area contributed by atoms with Crippen molar-refractivity contribution in [3.05, 3.63) is 265 Å². The lowest BCUT2D eigenvalue weighted by atomic mass is 9.64. The van der Waals surface area contributed by atoms with Gasteiger partial charge in [0.05, 0.1) is 16.8 Å². The lowest BCUT2D eigenvalue weighted by molar-refractivity contribution is 0.669. The first kappa shape index (κ1) is 39.0. The molecule has 5 nitrogen and oxygen atoms in total. The van der Waals surface area contributed by atoms with E-state index in [4.69, 9.17) is 19.4 Å². The molecule has 1 aliphatic carbocycles. The van der Waals surface area contributed by atoms with Crippen molar-refractivity contribution in [2.24, 2.45) is 0 Å². The molecule has 1 spiro atoms. The SMILES string of the molecule is c1ccc(-c2ccc(-c3nc(-c4ccccc4)nc(-c4cccc5c4-c4cc(-c6ccc7c(c6)oc6ccccc67)ccc4C54c5ccccc5N(c5ccccc5)c5ccccc54)n3)cc2)cc1. The van der Waals surface area contributed by atoms with Gasteiger partial charge >= 0.3 is 0 Å². The number of hydrogen-bond donors (Lipinski definition) is 0. The molecular formula is C64H40N4O. The van der Waals surface area contributed by atoms with Crippen molar-refractivity contribution in [2.75, 3.05) is 4.90 Å². The average molecular weight is 881 g/mol. The zero-order valence-corrected chi connectivity index (χ0v) is 37.3. The van der Waals surface area contributed by atoms with Crippen LogP contribution in [0.2, 0.25) is 0 Å². The Kier molecular flexibility index (Phi) is 8.73. The van der Waals surface area contributed by atoms with Crippen LogP contribution >= 0.6 is 0 Å². The Hall–Kier alpha value is -9.19. The van der Waals surface area contributed by atoms with Gasteiger partial charge in [-0.1, -0.05) is 194 Å². The number of hydrogen-bond acceptors (Lipinski definition) is 5. The highest BCUT2D eigenvalue weighted by Gasteiger charge is 2.52.